The average molecular weight is 489 g/mol. The van der Waals surface area contributed by atoms with Gasteiger partial charge in [0.1, 0.15) is 5.69 Å². The predicted molar refractivity (Wildman–Crippen MR) is 125 cm³/mol. The average Bonchev–Trinajstić information content (AvgIpc) is 3.13. The molecule has 0 atom stereocenters. The smallest absolute Gasteiger partial charge is 0.356 e. The number of aromatic nitrogens is 5. The van der Waals surface area contributed by atoms with E-state index in [2.05, 4.69) is 20.0 Å². The molecule has 4 rings (SSSR count). The molecule has 12 heteroatoms. The number of aryl methyl sites for hydroxylation is 2. The summed E-state index contributed by atoms with van der Waals surface area (Å²) in [4.78, 5) is 46.3. The standard InChI is InChI=1S/C21H18Cl2N6O4/c1-27-16-17(26-20(27)25-12-6-7-24-15(9-12)19(31)33-3)28(2)21(32)29(18(16)30)10-11-4-5-13(22)14(23)8-11/h4-9H,10H2,1-3H3,(H,24,25,26). The summed E-state index contributed by atoms with van der Waals surface area (Å²) in [6, 6.07) is 8.04. The highest BCUT2D eigenvalue weighted by atomic mass is 35.5. The molecule has 4 aromatic rings. The summed E-state index contributed by atoms with van der Waals surface area (Å²) in [6.45, 7) is 0.0130. The first kappa shape index (κ1) is 22.6. The zero-order chi connectivity index (χ0) is 23.9. The van der Waals surface area contributed by atoms with Crippen LogP contribution in [0.3, 0.4) is 0 Å². The number of nitrogens with one attached hydrogen (secondary N) is 1. The topological polar surface area (TPSA) is 113 Å². The minimum atomic E-state index is -0.587. The van der Waals surface area contributed by atoms with Crippen LogP contribution in [0.15, 0.2) is 46.1 Å². The van der Waals surface area contributed by atoms with Crippen LogP contribution in [0.5, 0.6) is 0 Å². The van der Waals surface area contributed by atoms with E-state index < -0.39 is 17.2 Å². The molecule has 0 aliphatic carbocycles. The highest BCUT2D eigenvalue weighted by Gasteiger charge is 2.19. The van der Waals surface area contributed by atoms with Gasteiger partial charge in [0, 0.05) is 26.0 Å². The Morgan fingerprint density at radius 3 is 2.55 bits per heavy atom. The predicted octanol–water partition coefficient (Wildman–Crippen LogP) is 2.71. The van der Waals surface area contributed by atoms with Crippen molar-refractivity contribution in [3.8, 4) is 0 Å². The van der Waals surface area contributed by atoms with Gasteiger partial charge in [-0.15, -0.1) is 0 Å². The van der Waals surface area contributed by atoms with Crippen molar-refractivity contribution in [3.63, 3.8) is 0 Å². The quantitative estimate of drug-likeness (QED) is 0.429. The Labute approximate surface area is 197 Å². The molecule has 0 amide bonds. The first-order valence-electron chi connectivity index (χ1n) is 9.62. The third kappa shape index (κ3) is 4.10. The number of fused-ring (bicyclic) bond motifs is 1. The molecule has 170 valence electrons. The molecule has 1 N–H and O–H groups in total. The van der Waals surface area contributed by atoms with Crippen molar-refractivity contribution in [3.05, 3.63) is 78.7 Å². The zero-order valence-corrected chi connectivity index (χ0v) is 19.3. The van der Waals surface area contributed by atoms with Crippen LogP contribution < -0.4 is 16.6 Å². The number of anilines is 2. The second kappa shape index (κ2) is 8.72. The van der Waals surface area contributed by atoms with Crippen LogP contribution in [-0.2, 0) is 25.4 Å². The maximum absolute atomic E-state index is 13.3. The minimum absolute atomic E-state index is 0.0130. The van der Waals surface area contributed by atoms with E-state index in [-0.39, 0.29) is 23.4 Å². The lowest BCUT2D eigenvalue weighted by Gasteiger charge is -2.09. The maximum Gasteiger partial charge on any atom is 0.356 e. The number of benzene rings is 1. The summed E-state index contributed by atoms with van der Waals surface area (Å²) in [6.07, 6.45) is 1.44. The van der Waals surface area contributed by atoms with Crippen LogP contribution >= 0.6 is 23.2 Å². The third-order valence-corrected chi connectivity index (χ3v) is 5.83. The van der Waals surface area contributed by atoms with Gasteiger partial charge in [0.2, 0.25) is 5.95 Å². The van der Waals surface area contributed by atoms with Crippen molar-refractivity contribution in [1.29, 1.82) is 0 Å². The van der Waals surface area contributed by atoms with E-state index >= 15 is 0 Å². The summed E-state index contributed by atoms with van der Waals surface area (Å²) < 4.78 is 8.63. The molecule has 0 radical (unpaired) electrons. The number of methoxy groups -OCH3 is 1. The lowest BCUT2D eigenvalue weighted by Crippen LogP contribution is -2.39. The van der Waals surface area contributed by atoms with Gasteiger partial charge in [-0.2, -0.15) is 4.98 Å². The van der Waals surface area contributed by atoms with Crippen LogP contribution in [0.1, 0.15) is 16.1 Å². The minimum Gasteiger partial charge on any atom is -0.464 e. The van der Waals surface area contributed by atoms with Crippen molar-refractivity contribution in [2.75, 3.05) is 12.4 Å². The number of imidazole rings is 1. The monoisotopic (exact) mass is 488 g/mol. The van der Waals surface area contributed by atoms with Gasteiger partial charge in [0.15, 0.2) is 11.2 Å². The lowest BCUT2D eigenvalue weighted by atomic mass is 10.2. The number of carbonyl (C=O) groups excluding carboxylic acids is 1. The molecule has 0 aliphatic rings. The van der Waals surface area contributed by atoms with Gasteiger partial charge in [-0.05, 0) is 29.8 Å². The maximum atomic E-state index is 13.3. The van der Waals surface area contributed by atoms with Crippen molar-refractivity contribution < 1.29 is 9.53 Å². The van der Waals surface area contributed by atoms with E-state index in [1.54, 1.807) is 35.9 Å². The summed E-state index contributed by atoms with van der Waals surface area (Å²) in [7, 11) is 4.45. The second-order valence-corrected chi connectivity index (χ2v) is 8.01. The number of rotatable bonds is 5. The lowest BCUT2D eigenvalue weighted by molar-refractivity contribution is 0.0594. The van der Waals surface area contributed by atoms with Gasteiger partial charge in [-0.3, -0.25) is 13.9 Å². The second-order valence-electron chi connectivity index (χ2n) is 7.19. The van der Waals surface area contributed by atoms with E-state index in [9.17, 15) is 14.4 Å². The van der Waals surface area contributed by atoms with Crippen molar-refractivity contribution >= 4 is 52.0 Å². The highest BCUT2D eigenvalue weighted by Crippen LogP contribution is 2.23. The SMILES string of the molecule is COC(=O)c1cc(Nc2nc3c(c(=O)n(Cc4ccc(Cl)c(Cl)c4)c(=O)n3C)n2C)ccn1. The largest absolute Gasteiger partial charge is 0.464 e. The molecular weight excluding hydrogens is 471 g/mol. The third-order valence-electron chi connectivity index (χ3n) is 5.10. The van der Waals surface area contributed by atoms with E-state index in [4.69, 9.17) is 23.2 Å². The van der Waals surface area contributed by atoms with Crippen molar-refractivity contribution in [1.82, 2.24) is 23.7 Å². The fourth-order valence-corrected chi connectivity index (χ4v) is 3.69. The number of carbonyl (C=O) groups is 1. The van der Waals surface area contributed by atoms with Gasteiger partial charge < -0.3 is 14.6 Å². The molecule has 0 spiro atoms. The molecule has 0 saturated carbocycles. The molecule has 0 unspecified atom stereocenters. The summed E-state index contributed by atoms with van der Waals surface area (Å²) >= 11 is 12.0. The Bertz CT molecular complexity index is 1520. The number of ether oxygens (including phenoxy) is 1. The number of hydrogen-bond donors (Lipinski definition) is 1. The van der Waals surface area contributed by atoms with Crippen LogP contribution in [-0.4, -0.2) is 36.7 Å². The Morgan fingerprint density at radius 1 is 1.09 bits per heavy atom. The molecule has 0 aliphatic heterocycles. The highest BCUT2D eigenvalue weighted by molar-refractivity contribution is 6.42. The number of hydrogen-bond acceptors (Lipinski definition) is 7. The zero-order valence-electron chi connectivity index (χ0n) is 17.8. The van der Waals surface area contributed by atoms with Gasteiger partial charge in [0.25, 0.3) is 5.56 Å². The summed E-state index contributed by atoms with van der Waals surface area (Å²) in [5, 5.41) is 3.76. The molecule has 3 aromatic heterocycles. The molecule has 0 fully saturated rings. The molecular formula is C21H18Cl2N6O4. The van der Waals surface area contributed by atoms with E-state index in [0.29, 0.717) is 27.2 Å². The van der Waals surface area contributed by atoms with E-state index in [1.807, 2.05) is 0 Å². The Kier molecular flexibility index (Phi) is 5.96. The van der Waals surface area contributed by atoms with Crippen molar-refractivity contribution in [2.45, 2.75) is 6.54 Å². The van der Waals surface area contributed by atoms with E-state index in [1.165, 1.54) is 31.0 Å². The molecule has 33 heavy (non-hydrogen) atoms. The van der Waals surface area contributed by atoms with Gasteiger partial charge in [-0.1, -0.05) is 29.3 Å². The van der Waals surface area contributed by atoms with E-state index in [0.717, 1.165) is 4.57 Å². The number of halogens is 2. The normalized spacial score (nSPS) is 11.1. The fourth-order valence-electron chi connectivity index (χ4n) is 3.37. The van der Waals surface area contributed by atoms with Crippen molar-refractivity contribution in [2.24, 2.45) is 14.1 Å². The molecule has 1 aromatic carbocycles. The van der Waals surface area contributed by atoms with Crippen LogP contribution in [0.25, 0.3) is 11.2 Å². The number of esters is 1. The summed E-state index contributed by atoms with van der Waals surface area (Å²) in [5.41, 5.74) is 0.662. The number of nitrogens with zero attached hydrogens (tertiary/aromatic N) is 5. The molecule has 0 saturated heterocycles. The van der Waals surface area contributed by atoms with Crippen LogP contribution in [0.2, 0.25) is 10.0 Å². The van der Waals surface area contributed by atoms with Gasteiger partial charge in [0.05, 0.1) is 23.7 Å². The van der Waals surface area contributed by atoms with Gasteiger partial charge in [-0.25, -0.2) is 14.6 Å². The Hall–Kier alpha value is -3.63. The van der Waals surface area contributed by atoms with Crippen LogP contribution in [0.4, 0.5) is 11.6 Å². The molecule has 3 heterocycles. The first-order chi connectivity index (χ1) is 15.7. The molecule has 0 bridgehead atoms. The number of pyridine rings is 1. The summed E-state index contributed by atoms with van der Waals surface area (Å²) in [5.74, 6) is -0.289. The Morgan fingerprint density at radius 2 is 1.85 bits per heavy atom. The Balaban J connectivity index is 1.79. The fraction of sp³-hybridized carbons (Fsp3) is 0.190. The van der Waals surface area contributed by atoms with Crippen LogP contribution in [0, 0.1) is 0 Å². The molecule has 10 nitrogen and oxygen atoms in total. The van der Waals surface area contributed by atoms with Gasteiger partial charge >= 0.3 is 11.7 Å². The first-order valence-corrected chi connectivity index (χ1v) is 10.4.